The Morgan fingerprint density at radius 1 is 1.52 bits per heavy atom. The van der Waals surface area contributed by atoms with Crippen LogP contribution in [0.1, 0.15) is 18.3 Å². The number of ether oxygens (including phenoxy) is 1. The first-order chi connectivity index (χ1) is 13.0. The van der Waals surface area contributed by atoms with E-state index in [9.17, 15) is 14.9 Å². The Kier molecular flexibility index (Phi) is 5.92. The first-order valence-electron chi connectivity index (χ1n) is 8.51. The summed E-state index contributed by atoms with van der Waals surface area (Å²) < 4.78 is 7.37. The first kappa shape index (κ1) is 19.1. The number of nitrogens with one attached hydrogen (secondary N) is 1. The van der Waals surface area contributed by atoms with Crippen LogP contribution in [0.15, 0.2) is 30.6 Å². The van der Waals surface area contributed by atoms with Crippen molar-refractivity contribution < 1.29 is 14.5 Å². The molecule has 1 N–H and O–H groups in total. The summed E-state index contributed by atoms with van der Waals surface area (Å²) in [5.41, 5.74) is -0.219. The minimum atomic E-state index is -0.559. The molecule has 0 radical (unpaired) electrons. The number of carbonyl (C=O) groups excluding carboxylic acids is 1. The number of carbonyl (C=O) groups is 1. The molecule has 1 aliphatic heterocycles. The van der Waals surface area contributed by atoms with Crippen molar-refractivity contribution in [3.05, 3.63) is 51.6 Å². The van der Waals surface area contributed by atoms with Crippen molar-refractivity contribution in [2.75, 3.05) is 26.2 Å². The van der Waals surface area contributed by atoms with Crippen molar-refractivity contribution in [1.29, 1.82) is 0 Å². The number of aromatic nitrogens is 2. The molecule has 3 rings (SSSR count). The maximum absolute atomic E-state index is 12.7. The third kappa shape index (κ3) is 4.37. The van der Waals surface area contributed by atoms with Crippen LogP contribution in [-0.4, -0.2) is 51.5 Å². The first-order valence-corrected chi connectivity index (χ1v) is 8.89. The number of benzene rings is 1. The van der Waals surface area contributed by atoms with Crippen LogP contribution in [0.4, 0.5) is 5.69 Å². The van der Waals surface area contributed by atoms with Gasteiger partial charge in [0.2, 0.25) is 5.91 Å². The van der Waals surface area contributed by atoms with E-state index in [1.807, 2.05) is 17.8 Å². The van der Waals surface area contributed by atoms with Gasteiger partial charge < -0.3 is 19.5 Å². The van der Waals surface area contributed by atoms with Gasteiger partial charge in [0.15, 0.2) is 5.75 Å². The molecule has 1 unspecified atom stereocenters. The quantitative estimate of drug-likeness (QED) is 0.594. The van der Waals surface area contributed by atoms with Gasteiger partial charge in [0.05, 0.1) is 18.0 Å². The Labute approximate surface area is 161 Å². The molecule has 9 nitrogen and oxygen atoms in total. The van der Waals surface area contributed by atoms with Gasteiger partial charge in [-0.15, -0.1) is 0 Å². The lowest BCUT2D eigenvalue weighted by atomic mass is 10.1. The lowest BCUT2D eigenvalue weighted by Gasteiger charge is -2.35. The molecular formula is C17H20ClN5O4. The molecule has 1 atom stereocenters. The number of nitrogens with zero attached hydrogens (tertiary/aromatic N) is 4. The second-order valence-corrected chi connectivity index (χ2v) is 6.61. The minimum Gasteiger partial charge on any atom is -0.486 e. The Morgan fingerprint density at radius 3 is 3.04 bits per heavy atom. The van der Waals surface area contributed by atoms with E-state index in [-0.39, 0.29) is 41.4 Å². The molecule has 1 fully saturated rings. The van der Waals surface area contributed by atoms with Gasteiger partial charge in [-0.3, -0.25) is 14.9 Å². The number of hydrogen-bond donors (Lipinski definition) is 1. The Balaban J connectivity index is 1.63. The van der Waals surface area contributed by atoms with Gasteiger partial charge in [0.25, 0.3) is 0 Å². The van der Waals surface area contributed by atoms with Crippen molar-refractivity contribution in [1.82, 2.24) is 19.8 Å². The van der Waals surface area contributed by atoms with Crippen molar-refractivity contribution in [3.8, 4) is 5.75 Å². The molecule has 1 aromatic heterocycles. The topological polar surface area (TPSA) is 103 Å². The zero-order chi connectivity index (χ0) is 19.4. The summed E-state index contributed by atoms with van der Waals surface area (Å²) in [7, 11) is 1.89. The highest BCUT2D eigenvalue weighted by Crippen LogP contribution is 2.30. The number of hydrogen-bond acceptors (Lipinski definition) is 6. The maximum atomic E-state index is 12.7. The summed E-state index contributed by atoms with van der Waals surface area (Å²) in [5.74, 6) is 0.823. The summed E-state index contributed by atoms with van der Waals surface area (Å²) in [4.78, 5) is 29.4. The SMILES string of the molecule is Cn1ccnc1C1CNCCN1C(=O)CCOc1ccc(Cl)cc1[N+](=O)[O-]. The van der Waals surface area contributed by atoms with E-state index < -0.39 is 4.92 Å². The van der Waals surface area contributed by atoms with Gasteiger partial charge in [-0.2, -0.15) is 0 Å². The summed E-state index contributed by atoms with van der Waals surface area (Å²) >= 11 is 5.79. The highest BCUT2D eigenvalue weighted by atomic mass is 35.5. The van der Waals surface area contributed by atoms with Crippen LogP contribution in [0.5, 0.6) is 5.75 Å². The van der Waals surface area contributed by atoms with Gasteiger partial charge in [0.1, 0.15) is 11.9 Å². The number of piperazine rings is 1. The molecule has 0 bridgehead atoms. The maximum Gasteiger partial charge on any atom is 0.312 e. The van der Waals surface area contributed by atoms with Crippen molar-refractivity contribution in [3.63, 3.8) is 0 Å². The number of halogens is 1. The summed E-state index contributed by atoms with van der Waals surface area (Å²) in [6, 6.07) is 4.02. The summed E-state index contributed by atoms with van der Waals surface area (Å²) in [6.45, 7) is 1.94. The Bertz CT molecular complexity index is 840. The fourth-order valence-corrected chi connectivity index (χ4v) is 3.25. The van der Waals surface area contributed by atoms with Crippen LogP contribution in [-0.2, 0) is 11.8 Å². The molecule has 1 aliphatic rings. The van der Waals surface area contributed by atoms with Crippen molar-refractivity contribution in [2.24, 2.45) is 7.05 Å². The van der Waals surface area contributed by atoms with E-state index in [2.05, 4.69) is 10.3 Å². The van der Waals surface area contributed by atoms with Crippen LogP contribution >= 0.6 is 11.6 Å². The standard InChI is InChI=1S/C17H20ClN5O4/c1-21-7-6-20-17(21)14-11-19-5-8-22(14)16(24)4-9-27-15-3-2-12(18)10-13(15)23(25)26/h2-3,6-7,10,14,19H,4-5,8-9,11H2,1H3. The lowest BCUT2D eigenvalue weighted by molar-refractivity contribution is -0.385. The molecule has 10 heteroatoms. The van der Waals surface area contributed by atoms with Crippen LogP contribution in [0.3, 0.4) is 0 Å². The zero-order valence-corrected chi connectivity index (χ0v) is 15.6. The van der Waals surface area contributed by atoms with E-state index in [4.69, 9.17) is 16.3 Å². The number of amides is 1. The normalized spacial score (nSPS) is 17.0. The summed E-state index contributed by atoms with van der Waals surface area (Å²) in [5, 5.41) is 14.6. The third-order valence-electron chi connectivity index (χ3n) is 4.41. The van der Waals surface area contributed by atoms with Gasteiger partial charge in [0, 0.05) is 50.2 Å². The van der Waals surface area contributed by atoms with Crippen molar-refractivity contribution >= 4 is 23.2 Å². The smallest absolute Gasteiger partial charge is 0.312 e. The van der Waals surface area contributed by atoms with Crippen LogP contribution in [0, 0.1) is 10.1 Å². The monoisotopic (exact) mass is 393 g/mol. The van der Waals surface area contributed by atoms with Crippen LogP contribution in [0.2, 0.25) is 5.02 Å². The fourth-order valence-electron chi connectivity index (χ4n) is 3.08. The van der Waals surface area contributed by atoms with Crippen LogP contribution < -0.4 is 10.1 Å². The summed E-state index contributed by atoms with van der Waals surface area (Å²) in [6.07, 6.45) is 3.66. The molecule has 1 amide bonds. The number of aryl methyl sites for hydroxylation is 1. The molecule has 1 aromatic carbocycles. The second-order valence-electron chi connectivity index (χ2n) is 6.17. The van der Waals surface area contributed by atoms with Crippen LogP contribution in [0.25, 0.3) is 0 Å². The fraction of sp³-hybridized carbons (Fsp3) is 0.412. The number of nitro benzene ring substituents is 1. The molecule has 1 saturated heterocycles. The zero-order valence-electron chi connectivity index (χ0n) is 14.8. The van der Waals surface area contributed by atoms with Gasteiger partial charge >= 0.3 is 5.69 Å². The molecule has 0 spiro atoms. The van der Waals surface area contributed by atoms with E-state index >= 15 is 0 Å². The molecule has 2 heterocycles. The van der Waals surface area contributed by atoms with E-state index in [1.165, 1.54) is 18.2 Å². The third-order valence-corrected chi connectivity index (χ3v) is 4.65. The number of imidazole rings is 1. The van der Waals surface area contributed by atoms with E-state index in [0.29, 0.717) is 19.6 Å². The Hall–Kier alpha value is -2.65. The molecule has 27 heavy (non-hydrogen) atoms. The highest BCUT2D eigenvalue weighted by Gasteiger charge is 2.30. The second kappa shape index (κ2) is 8.36. The van der Waals surface area contributed by atoms with Gasteiger partial charge in [-0.1, -0.05) is 11.6 Å². The lowest BCUT2D eigenvalue weighted by Crippen LogP contribution is -2.49. The predicted octanol–water partition coefficient (Wildman–Crippen LogP) is 1.92. The average molecular weight is 394 g/mol. The van der Waals surface area contributed by atoms with Gasteiger partial charge in [-0.25, -0.2) is 4.98 Å². The molecule has 144 valence electrons. The number of nitro groups is 1. The van der Waals surface area contributed by atoms with E-state index in [1.54, 1.807) is 11.1 Å². The molecule has 2 aromatic rings. The molecule has 0 aliphatic carbocycles. The average Bonchev–Trinajstić information content (AvgIpc) is 3.08. The number of rotatable bonds is 6. The minimum absolute atomic E-state index is 0.0402. The molecule has 0 saturated carbocycles. The predicted molar refractivity (Wildman–Crippen MR) is 98.8 cm³/mol. The molecular weight excluding hydrogens is 374 g/mol. The Morgan fingerprint density at radius 2 is 2.33 bits per heavy atom. The van der Waals surface area contributed by atoms with Crippen molar-refractivity contribution in [2.45, 2.75) is 12.5 Å². The highest BCUT2D eigenvalue weighted by molar-refractivity contribution is 6.30. The van der Waals surface area contributed by atoms with Gasteiger partial charge in [-0.05, 0) is 12.1 Å². The van der Waals surface area contributed by atoms with E-state index in [0.717, 1.165) is 5.82 Å². The largest absolute Gasteiger partial charge is 0.486 e.